The van der Waals surface area contributed by atoms with Gasteiger partial charge in [0.25, 0.3) is 0 Å². The second-order valence-electron chi connectivity index (χ2n) is 5.62. The molecule has 0 amide bonds. The molecule has 0 bridgehead atoms. The third-order valence-corrected chi connectivity index (χ3v) is 4.46. The Morgan fingerprint density at radius 1 is 1.04 bits per heavy atom. The average Bonchev–Trinajstić information content (AvgIpc) is 2.89. The van der Waals surface area contributed by atoms with Crippen molar-refractivity contribution in [3.8, 4) is 11.4 Å². The Morgan fingerprint density at radius 2 is 1.71 bits per heavy atom. The lowest BCUT2D eigenvalue weighted by Crippen LogP contribution is -2.12. The van der Waals surface area contributed by atoms with Crippen LogP contribution in [0.4, 0.5) is 0 Å². The van der Waals surface area contributed by atoms with E-state index in [0.29, 0.717) is 11.3 Å². The molecule has 0 radical (unpaired) electrons. The van der Waals surface area contributed by atoms with E-state index in [4.69, 9.17) is 4.74 Å². The normalized spacial score (nSPS) is 10.6. The fourth-order valence-electron chi connectivity index (χ4n) is 2.78. The summed E-state index contributed by atoms with van der Waals surface area (Å²) < 4.78 is 8.68. The minimum Gasteiger partial charge on any atom is -0.485 e. The van der Waals surface area contributed by atoms with E-state index < -0.39 is 0 Å². The predicted octanol–water partition coefficient (Wildman–Crippen LogP) is 5.12. The first kappa shape index (κ1) is 16.5. The molecule has 0 unspecified atom stereocenters. The van der Waals surface area contributed by atoms with Crippen molar-refractivity contribution in [2.45, 2.75) is 13.8 Å². The molecular formula is C20H18BrNO2. The molecule has 0 saturated heterocycles. The van der Waals surface area contributed by atoms with Crippen LogP contribution in [0.2, 0.25) is 0 Å². The van der Waals surface area contributed by atoms with Gasteiger partial charge in [-0.15, -0.1) is 0 Å². The lowest BCUT2D eigenvalue weighted by atomic mass is 10.1. The highest BCUT2D eigenvalue weighted by molar-refractivity contribution is 9.10. The molecule has 3 nitrogen and oxygen atoms in total. The van der Waals surface area contributed by atoms with E-state index in [2.05, 4.69) is 20.5 Å². The molecule has 1 aromatic heterocycles. The lowest BCUT2D eigenvalue weighted by molar-refractivity contribution is 0.0921. The monoisotopic (exact) mass is 383 g/mol. The second-order valence-corrected chi connectivity index (χ2v) is 6.54. The number of ether oxygens (including phenoxy) is 1. The molecule has 122 valence electrons. The Kier molecular flexibility index (Phi) is 4.86. The minimum atomic E-state index is -0.0202. The third-order valence-electron chi connectivity index (χ3n) is 3.93. The van der Waals surface area contributed by atoms with Gasteiger partial charge in [0.15, 0.2) is 6.61 Å². The van der Waals surface area contributed by atoms with Crippen molar-refractivity contribution < 1.29 is 9.53 Å². The summed E-state index contributed by atoms with van der Waals surface area (Å²) in [7, 11) is 0. The Labute approximate surface area is 150 Å². The lowest BCUT2D eigenvalue weighted by Gasteiger charge is -2.10. The molecule has 1 heterocycles. The van der Waals surface area contributed by atoms with Crippen molar-refractivity contribution >= 4 is 21.7 Å². The van der Waals surface area contributed by atoms with Crippen LogP contribution in [0, 0.1) is 13.8 Å². The number of aromatic nitrogens is 1. The van der Waals surface area contributed by atoms with Gasteiger partial charge in [0, 0.05) is 27.1 Å². The number of Topliss-reactive ketones (excluding diaryl/α,β-unsaturated/α-hetero) is 1. The maximum absolute atomic E-state index is 12.6. The van der Waals surface area contributed by atoms with Crippen LogP contribution in [0.3, 0.4) is 0 Å². The van der Waals surface area contributed by atoms with Gasteiger partial charge in [-0.25, -0.2) is 0 Å². The molecule has 0 N–H and O–H groups in total. The molecule has 0 fully saturated rings. The molecule has 3 aromatic rings. The molecule has 0 aliphatic heterocycles. The van der Waals surface area contributed by atoms with Gasteiger partial charge in [0.2, 0.25) is 5.78 Å². The Hall–Kier alpha value is -2.33. The number of hydrogen-bond donors (Lipinski definition) is 0. The summed E-state index contributed by atoms with van der Waals surface area (Å²) in [5.74, 6) is 0.664. The number of benzene rings is 2. The largest absolute Gasteiger partial charge is 0.485 e. The highest BCUT2D eigenvalue weighted by Gasteiger charge is 2.17. The second kappa shape index (κ2) is 7.05. The number of aryl methyl sites for hydroxylation is 1. The molecule has 4 heteroatoms. The summed E-state index contributed by atoms with van der Waals surface area (Å²) in [6.45, 7) is 4.00. The molecule has 0 saturated carbocycles. The van der Waals surface area contributed by atoms with Gasteiger partial charge in [-0.1, -0.05) is 34.1 Å². The number of carbonyl (C=O) groups is 1. The van der Waals surface area contributed by atoms with Gasteiger partial charge in [0.1, 0.15) is 5.75 Å². The maximum Gasteiger partial charge on any atom is 0.202 e. The summed E-state index contributed by atoms with van der Waals surface area (Å²) >= 11 is 3.38. The Balaban J connectivity index is 1.79. The summed E-state index contributed by atoms with van der Waals surface area (Å²) in [5.41, 5.74) is 3.72. The molecule has 3 rings (SSSR count). The van der Waals surface area contributed by atoms with Crippen molar-refractivity contribution in [2.75, 3.05) is 6.61 Å². The zero-order chi connectivity index (χ0) is 17.1. The molecule has 24 heavy (non-hydrogen) atoms. The number of para-hydroxylation sites is 1. The van der Waals surface area contributed by atoms with E-state index in [-0.39, 0.29) is 12.4 Å². The minimum absolute atomic E-state index is 0.0202. The standard InChI is InChI=1S/C20H18BrNO2/c1-14-12-19(15(2)22(14)17-6-4-3-5-7-17)20(23)13-24-18-10-8-16(21)9-11-18/h3-12H,13H2,1-2H3. The molecular weight excluding hydrogens is 366 g/mol. The van der Waals surface area contributed by atoms with Crippen LogP contribution in [0.15, 0.2) is 65.1 Å². The van der Waals surface area contributed by atoms with Crippen LogP contribution in [0.5, 0.6) is 5.75 Å². The number of nitrogens with zero attached hydrogens (tertiary/aromatic N) is 1. The van der Waals surface area contributed by atoms with Gasteiger partial charge in [-0.3, -0.25) is 4.79 Å². The summed E-state index contributed by atoms with van der Waals surface area (Å²) in [6, 6.07) is 19.4. The quantitative estimate of drug-likeness (QED) is 0.572. The number of carbonyl (C=O) groups excluding carboxylic acids is 1. The summed E-state index contributed by atoms with van der Waals surface area (Å²) in [6.07, 6.45) is 0. The first-order valence-corrected chi connectivity index (χ1v) is 8.51. The van der Waals surface area contributed by atoms with Crippen molar-refractivity contribution in [3.05, 3.63) is 82.1 Å². The molecule has 0 aliphatic rings. The van der Waals surface area contributed by atoms with Crippen LogP contribution in [0.25, 0.3) is 5.69 Å². The fraction of sp³-hybridized carbons (Fsp3) is 0.150. The first-order valence-electron chi connectivity index (χ1n) is 7.72. The average molecular weight is 384 g/mol. The van der Waals surface area contributed by atoms with E-state index in [1.165, 1.54) is 0 Å². The number of hydrogen-bond acceptors (Lipinski definition) is 2. The van der Waals surface area contributed by atoms with Gasteiger partial charge in [-0.2, -0.15) is 0 Å². The Morgan fingerprint density at radius 3 is 2.38 bits per heavy atom. The van der Waals surface area contributed by atoms with Crippen LogP contribution in [-0.2, 0) is 0 Å². The topological polar surface area (TPSA) is 31.2 Å². The number of ketones is 1. The molecule has 2 aromatic carbocycles. The van der Waals surface area contributed by atoms with E-state index in [1.807, 2.05) is 74.5 Å². The van der Waals surface area contributed by atoms with Crippen molar-refractivity contribution in [2.24, 2.45) is 0 Å². The van der Waals surface area contributed by atoms with Crippen molar-refractivity contribution in [1.82, 2.24) is 4.57 Å². The number of rotatable bonds is 5. The molecule has 0 aliphatic carbocycles. The predicted molar refractivity (Wildman–Crippen MR) is 99.2 cm³/mol. The SMILES string of the molecule is Cc1cc(C(=O)COc2ccc(Br)cc2)c(C)n1-c1ccccc1. The van der Waals surface area contributed by atoms with Gasteiger partial charge in [0.05, 0.1) is 0 Å². The van der Waals surface area contributed by atoms with E-state index in [9.17, 15) is 4.79 Å². The van der Waals surface area contributed by atoms with Crippen molar-refractivity contribution in [1.29, 1.82) is 0 Å². The fourth-order valence-corrected chi connectivity index (χ4v) is 3.04. The van der Waals surface area contributed by atoms with E-state index in [0.717, 1.165) is 21.5 Å². The zero-order valence-electron chi connectivity index (χ0n) is 13.6. The number of halogens is 1. The Bertz CT molecular complexity index is 851. The highest BCUT2D eigenvalue weighted by atomic mass is 79.9. The van der Waals surface area contributed by atoms with Gasteiger partial charge < -0.3 is 9.30 Å². The first-order chi connectivity index (χ1) is 11.6. The van der Waals surface area contributed by atoms with Gasteiger partial charge >= 0.3 is 0 Å². The zero-order valence-corrected chi connectivity index (χ0v) is 15.2. The third kappa shape index (κ3) is 3.44. The van der Waals surface area contributed by atoms with Crippen molar-refractivity contribution in [3.63, 3.8) is 0 Å². The van der Waals surface area contributed by atoms with Crippen LogP contribution >= 0.6 is 15.9 Å². The summed E-state index contributed by atoms with van der Waals surface area (Å²) in [5, 5.41) is 0. The van der Waals surface area contributed by atoms with Gasteiger partial charge in [-0.05, 0) is 56.3 Å². The smallest absolute Gasteiger partial charge is 0.202 e. The molecule has 0 atom stereocenters. The highest BCUT2D eigenvalue weighted by Crippen LogP contribution is 2.22. The summed E-state index contributed by atoms with van der Waals surface area (Å²) in [4.78, 5) is 12.6. The van der Waals surface area contributed by atoms with E-state index in [1.54, 1.807) is 0 Å². The van der Waals surface area contributed by atoms with Crippen LogP contribution in [0.1, 0.15) is 21.7 Å². The molecule has 0 spiro atoms. The van der Waals surface area contributed by atoms with Crippen LogP contribution in [-0.4, -0.2) is 17.0 Å². The van der Waals surface area contributed by atoms with E-state index >= 15 is 0 Å². The maximum atomic E-state index is 12.6. The van der Waals surface area contributed by atoms with Crippen LogP contribution < -0.4 is 4.74 Å².